The summed E-state index contributed by atoms with van der Waals surface area (Å²) in [7, 11) is 1.47. The van der Waals surface area contributed by atoms with E-state index >= 15 is 0 Å². The molecule has 0 fully saturated rings. The number of carbonyl (C=O) groups excluding carboxylic acids is 2. The highest BCUT2D eigenvalue weighted by atomic mass is 16.5. The first kappa shape index (κ1) is 11.6. The van der Waals surface area contributed by atoms with Crippen molar-refractivity contribution in [2.45, 2.75) is 13.0 Å². The summed E-state index contributed by atoms with van der Waals surface area (Å²) in [6, 6.07) is 7.21. The third-order valence-electron chi connectivity index (χ3n) is 2.74. The van der Waals surface area contributed by atoms with Gasteiger partial charge in [-0.15, -0.1) is 0 Å². The standard InChI is InChI=1S/C12H14N2O3/c1-8(17-2)12(16)14-7-11(15)13-9-5-3-4-6-10(9)14/h3-6,8H,7H2,1-2H3,(H,13,15). The van der Waals surface area contributed by atoms with Gasteiger partial charge in [-0.05, 0) is 19.1 Å². The van der Waals surface area contributed by atoms with Crippen LogP contribution in [0.2, 0.25) is 0 Å². The predicted molar refractivity (Wildman–Crippen MR) is 63.9 cm³/mol. The number of ether oxygens (including phenoxy) is 1. The van der Waals surface area contributed by atoms with Crippen molar-refractivity contribution in [3.63, 3.8) is 0 Å². The molecule has 2 amide bonds. The molecule has 5 nitrogen and oxygen atoms in total. The minimum Gasteiger partial charge on any atom is -0.372 e. The highest BCUT2D eigenvalue weighted by Crippen LogP contribution is 2.29. The van der Waals surface area contributed by atoms with E-state index in [1.54, 1.807) is 19.1 Å². The molecule has 1 N–H and O–H groups in total. The van der Waals surface area contributed by atoms with E-state index in [4.69, 9.17) is 4.74 Å². The second kappa shape index (κ2) is 4.55. The lowest BCUT2D eigenvalue weighted by atomic mass is 10.1. The van der Waals surface area contributed by atoms with Crippen molar-refractivity contribution in [3.05, 3.63) is 24.3 Å². The number of nitrogens with one attached hydrogen (secondary N) is 1. The molecule has 1 unspecified atom stereocenters. The highest BCUT2D eigenvalue weighted by Gasteiger charge is 2.29. The van der Waals surface area contributed by atoms with Crippen LogP contribution in [0, 0.1) is 0 Å². The van der Waals surface area contributed by atoms with Crippen molar-refractivity contribution in [2.75, 3.05) is 23.9 Å². The molecule has 0 aromatic heterocycles. The molecule has 90 valence electrons. The summed E-state index contributed by atoms with van der Waals surface area (Å²) >= 11 is 0. The van der Waals surface area contributed by atoms with E-state index in [1.165, 1.54) is 12.0 Å². The van der Waals surface area contributed by atoms with Gasteiger partial charge in [0.15, 0.2) is 0 Å². The van der Waals surface area contributed by atoms with Gasteiger partial charge in [-0.1, -0.05) is 12.1 Å². The van der Waals surface area contributed by atoms with Gasteiger partial charge in [0.25, 0.3) is 5.91 Å². The van der Waals surface area contributed by atoms with Crippen LogP contribution >= 0.6 is 0 Å². The second-order valence-corrected chi connectivity index (χ2v) is 3.87. The Bertz CT molecular complexity index is 459. The summed E-state index contributed by atoms with van der Waals surface area (Å²) in [5, 5.41) is 2.73. The number of hydrogen-bond donors (Lipinski definition) is 1. The van der Waals surface area contributed by atoms with Gasteiger partial charge in [0.05, 0.1) is 11.4 Å². The Morgan fingerprint density at radius 3 is 2.88 bits per heavy atom. The van der Waals surface area contributed by atoms with Crippen LogP contribution in [-0.4, -0.2) is 31.6 Å². The Morgan fingerprint density at radius 2 is 2.18 bits per heavy atom. The summed E-state index contributed by atoms with van der Waals surface area (Å²) < 4.78 is 4.99. The minimum absolute atomic E-state index is 0.0313. The maximum atomic E-state index is 12.1. The number of fused-ring (bicyclic) bond motifs is 1. The van der Waals surface area contributed by atoms with Crippen molar-refractivity contribution in [1.82, 2.24) is 0 Å². The van der Waals surface area contributed by atoms with Gasteiger partial charge in [-0.2, -0.15) is 0 Å². The smallest absolute Gasteiger partial charge is 0.256 e. The van der Waals surface area contributed by atoms with E-state index in [0.717, 1.165) is 0 Å². The van der Waals surface area contributed by atoms with E-state index in [-0.39, 0.29) is 18.4 Å². The third kappa shape index (κ3) is 2.14. The van der Waals surface area contributed by atoms with E-state index in [1.807, 2.05) is 12.1 Å². The zero-order valence-electron chi connectivity index (χ0n) is 9.77. The zero-order chi connectivity index (χ0) is 12.4. The molecule has 0 bridgehead atoms. The van der Waals surface area contributed by atoms with Crippen molar-refractivity contribution in [3.8, 4) is 0 Å². The van der Waals surface area contributed by atoms with Crippen LogP contribution in [0.15, 0.2) is 24.3 Å². The number of para-hydroxylation sites is 2. The zero-order valence-corrected chi connectivity index (χ0v) is 9.77. The minimum atomic E-state index is -0.561. The predicted octanol–water partition coefficient (Wildman–Crippen LogP) is 1.01. The lowest BCUT2D eigenvalue weighted by molar-refractivity contribution is -0.128. The maximum absolute atomic E-state index is 12.1. The first-order valence-corrected chi connectivity index (χ1v) is 5.36. The van der Waals surface area contributed by atoms with Crippen LogP contribution in [0.3, 0.4) is 0 Å². The number of carbonyl (C=O) groups is 2. The van der Waals surface area contributed by atoms with E-state index in [9.17, 15) is 9.59 Å². The second-order valence-electron chi connectivity index (χ2n) is 3.87. The summed E-state index contributed by atoms with van der Waals surface area (Å²) in [6.45, 7) is 1.70. The van der Waals surface area contributed by atoms with Gasteiger partial charge in [-0.3, -0.25) is 14.5 Å². The molecule has 0 saturated carbocycles. The Morgan fingerprint density at radius 1 is 1.47 bits per heavy atom. The Hall–Kier alpha value is -1.88. The van der Waals surface area contributed by atoms with Crippen LogP contribution in [0.25, 0.3) is 0 Å². The summed E-state index contributed by atoms with van der Waals surface area (Å²) in [4.78, 5) is 25.0. The van der Waals surface area contributed by atoms with Crippen LogP contribution in [0.1, 0.15) is 6.92 Å². The number of anilines is 2. The fraction of sp³-hybridized carbons (Fsp3) is 0.333. The number of methoxy groups -OCH3 is 1. The van der Waals surface area contributed by atoms with E-state index in [2.05, 4.69) is 5.32 Å². The number of hydrogen-bond acceptors (Lipinski definition) is 3. The van der Waals surface area contributed by atoms with Crippen molar-refractivity contribution < 1.29 is 14.3 Å². The maximum Gasteiger partial charge on any atom is 0.256 e. The number of benzene rings is 1. The van der Waals surface area contributed by atoms with E-state index in [0.29, 0.717) is 11.4 Å². The number of nitrogens with zero attached hydrogens (tertiary/aromatic N) is 1. The molecule has 2 rings (SSSR count). The van der Waals surface area contributed by atoms with Gasteiger partial charge in [0.2, 0.25) is 5.91 Å². The molecule has 0 radical (unpaired) electrons. The van der Waals surface area contributed by atoms with Crippen molar-refractivity contribution >= 4 is 23.2 Å². The van der Waals surface area contributed by atoms with Crippen molar-refractivity contribution in [2.24, 2.45) is 0 Å². The molecule has 5 heteroatoms. The average Bonchev–Trinajstić information content (AvgIpc) is 2.35. The molecule has 1 atom stereocenters. The Labute approximate surface area is 99.4 Å². The van der Waals surface area contributed by atoms with Crippen LogP contribution < -0.4 is 10.2 Å². The average molecular weight is 234 g/mol. The molecule has 1 aromatic rings. The first-order chi connectivity index (χ1) is 8.13. The van der Waals surface area contributed by atoms with Crippen LogP contribution in [-0.2, 0) is 14.3 Å². The molecular formula is C12H14N2O3. The summed E-state index contributed by atoms with van der Waals surface area (Å²) in [5.41, 5.74) is 1.36. The summed E-state index contributed by atoms with van der Waals surface area (Å²) in [5.74, 6) is -0.407. The van der Waals surface area contributed by atoms with Crippen LogP contribution in [0.4, 0.5) is 11.4 Å². The summed E-state index contributed by atoms with van der Waals surface area (Å²) in [6.07, 6.45) is -0.561. The molecular weight excluding hydrogens is 220 g/mol. The fourth-order valence-electron chi connectivity index (χ4n) is 1.75. The largest absolute Gasteiger partial charge is 0.372 e. The van der Waals surface area contributed by atoms with Gasteiger partial charge in [-0.25, -0.2) is 0 Å². The van der Waals surface area contributed by atoms with E-state index < -0.39 is 6.10 Å². The quantitative estimate of drug-likeness (QED) is 0.830. The molecule has 0 aliphatic carbocycles. The Kier molecular flexibility index (Phi) is 3.10. The number of rotatable bonds is 2. The fourth-order valence-corrected chi connectivity index (χ4v) is 1.75. The Balaban J connectivity index is 2.36. The molecule has 1 aliphatic rings. The third-order valence-corrected chi connectivity index (χ3v) is 2.74. The van der Waals surface area contributed by atoms with Gasteiger partial charge < -0.3 is 10.1 Å². The molecule has 0 spiro atoms. The monoisotopic (exact) mass is 234 g/mol. The number of amides is 2. The topological polar surface area (TPSA) is 58.6 Å². The first-order valence-electron chi connectivity index (χ1n) is 5.36. The van der Waals surface area contributed by atoms with Gasteiger partial charge >= 0.3 is 0 Å². The van der Waals surface area contributed by atoms with Gasteiger partial charge in [0.1, 0.15) is 12.6 Å². The normalized spacial score (nSPS) is 16.1. The highest BCUT2D eigenvalue weighted by molar-refractivity contribution is 6.10. The molecule has 1 heterocycles. The lowest BCUT2D eigenvalue weighted by Gasteiger charge is -2.30. The molecule has 1 aromatic carbocycles. The van der Waals surface area contributed by atoms with Crippen molar-refractivity contribution in [1.29, 1.82) is 0 Å². The molecule has 0 saturated heterocycles. The SMILES string of the molecule is COC(C)C(=O)N1CC(=O)Nc2ccccc21. The molecule has 17 heavy (non-hydrogen) atoms. The lowest BCUT2D eigenvalue weighted by Crippen LogP contribution is -2.46. The molecule has 1 aliphatic heterocycles. The van der Waals surface area contributed by atoms with Gasteiger partial charge in [0, 0.05) is 7.11 Å². The van der Waals surface area contributed by atoms with Crippen LogP contribution in [0.5, 0.6) is 0 Å².